The van der Waals surface area contributed by atoms with Crippen molar-refractivity contribution in [2.75, 3.05) is 6.61 Å². The van der Waals surface area contributed by atoms with E-state index in [1.54, 1.807) is 25.4 Å². The van der Waals surface area contributed by atoms with E-state index in [0.717, 1.165) is 0 Å². The Bertz CT molecular complexity index is 627. The van der Waals surface area contributed by atoms with E-state index in [1.807, 2.05) is 0 Å². The molecule has 0 spiro atoms. The van der Waals surface area contributed by atoms with Crippen molar-refractivity contribution >= 4 is 11.6 Å². The monoisotopic (exact) mass is 290 g/mol. The maximum atomic E-state index is 11.8. The predicted octanol–water partition coefficient (Wildman–Crippen LogP) is 1.57. The number of nitrogens with zero attached hydrogens (tertiary/aromatic N) is 2. The SMILES string of the molecule is CC(NC(=O)COc1ccccc1[N+](=O)[O-])c1ncc[nH]1. The van der Waals surface area contributed by atoms with Gasteiger partial charge in [-0.3, -0.25) is 14.9 Å². The molecule has 0 fully saturated rings. The minimum absolute atomic E-state index is 0.0586. The summed E-state index contributed by atoms with van der Waals surface area (Å²) in [5, 5.41) is 13.5. The number of rotatable bonds is 6. The lowest BCUT2D eigenvalue weighted by Crippen LogP contribution is -2.31. The Labute approximate surface area is 120 Å². The number of nitro groups is 1. The van der Waals surface area contributed by atoms with Crippen LogP contribution in [0.25, 0.3) is 0 Å². The molecule has 1 heterocycles. The summed E-state index contributed by atoms with van der Waals surface area (Å²) in [5.74, 6) is 0.286. The molecular weight excluding hydrogens is 276 g/mol. The van der Waals surface area contributed by atoms with Crippen molar-refractivity contribution in [2.24, 2.45) is 0 Å². The van der Waals surface area contributed by atoms with Gasteiger partial charge in [0, 0.05) is 18.5 Å². The van der Waals surface area contributed by atoms with Crippen LogP contribution in [0.3, 0.4) is 0 Å². The Balaban J connectivity index is 1.91. The maximum absolute atomic E-state index is 11.8. The van der Waals surface area contributed by atoms with Crippen LogP contribution in [0.5, 0.6) is 5.75 Å². The van der Waals surface area contributed by atoms with Crippen molar-refractivity contribution in [1.82, 2.24) is 15.3 Å². The lowest BCUT2D eigenvalue weighted by molar-refractivity contribution is -0.385. The molecule has 0 saturated heterocycles. The Kier molecular flexibility index (Phi) is 4.50. The number of ether oxygens (including phenoxy) is 1. The molecule has 0 aliphatic rings. The fourth-order valence-electron chi connectivity index (χ4n) is 1.74. The van der Waals surface area contributed by atoms with Crippen molar-refractivity contribution in [3.63, 3.8) is 0 Å². The van der Waals surface area contributed by atoms with Crippen LogP contribution in [0.15, 0.2) is 36.7 Å². The first-order valence-electron chi connectivity index (χ1n) is 6.23. The van der Waals surface area contributed by atoms with Crippen LogP contribution in [0.4, 0.5) is 5.69 Å². The normalized spacial score (nSPS) is 11.7. The number of carbonyl (C=O) groups excluding carboxylic acids is 1. The number of aromatic nitrogens is 2. The van der Waals surface area contributed by atoms with E-state index in [4.69, 9.17) is 4.74 Å². The molecule has 0 radical (unpaired) electrons. The van der Waals surface area contributed by atoms with Crippen molar-refractivity contribution in [3.05, 3.63) is 52.6 Å². The van der Waals surface area contributed by atoms with Crippen molar-refractivity contribution < 1.29 is 14.5 Å². The second-order valence-electron chi connectivity index (χ2n) is 4.28. The molecule has 1 aromatic carbocycles. The van der Waals surface area contributed by atoms with E-state index in [0.29, 0.717) is 5.82 Å². The minimum atomic E-state index is -0.557. The molecular formula is C13H14N4O4. The zero-order valence-corrected chi connectivity index (χ0v) is 11.3. The molecule has 8 heteroatoms. The number of amides is 1. The van der Waals surface area contributed by atoms with E-state index < -0.39 is 10.8 Å². The van der Waals surface area contributed by atoms with Crippen LogP contribution in [0.2, 0.25) is 0 Å². The van der Waals surface area contributed by atoms with Crippen LogP contribution in [0.1, 0.15) is 18.8 Å². The molecule has 0 saturated carbocycles. The second-order valence-corrected chi connectivity index (χ2v) is 4.28. The third kappa shape index (κ3) is 3.78. The lowest BCUT2D eigenvalue weighted by atomic mass is 10.3. The second kappa shape index (κ2) is 6.51. The number of hydrogen-bond acceptors (Lipinski definition) is 5. The van der Waals surface area contributed by atoms with E-state index in [-0.39, 0.29) is 24.1 Å². The molecule has 2 rings (SSSR count). The highest BCUT2D eigenvalue weighted by molar-refractivity contribution is 5.78. The molecule has 21 heavy (non-hydrogen) atoms. The average Bonchev–Trinajstić information content (AvgIpc) is 2.99. The number of aromatic amines is 1. The van der Waals surface area contributed by atoms with Crippen LogP contribution in [-0.2, 0) is 4.79 Å². The van der Waals surface area contributed by atoms with Crippen LogP contribution in [-0.4, -0.2) is 27.4 Å². The Morgan fingerprint density at radius 2 is 2.29 bits per heavy atom. The number of para-hydroxylation sites is 2. The van der Waals surface area contributed by atoms with Crippen LogP contribution in [0, 0.1) is 10.1 Å². The molecule has 8 nitrogen and oxygen atoms in total. The molecule has 2 N–H and O–H groups in total. The van der Waals surface area contributed by atoms with E-state index >= 15 is 0 Å². The molecule has 0 bridgehead atoms. The molecule has 1 amide bonds. The topological polar surface area (TPSA) is 110 Å². The molecule has 0 aliphatic carbocycles. The van der Waals surface area contributed by atoms with Crippen molar-refractivity contribution in [1.29, 1.82) is 0 Å². The fourth-order valence-corrected chi connectivity index (χ4v) is 1.74. The van der Waals surface area contributed by atoms with Gasteiger partial charge >= 0.3 is 5.69 Å². The standard InChI is InChI=1S/C13H14N4O4/c1-9(13-14-6-7-15-13)16-12(18)8-21-11-5-3-2-4-10(11)17(19)20/h2-7,9H,8H2,1H3,(H,14,15)(H,16,18). The van der Waals surface area contributed by atoms with Gasteiger partial charge in [0.2, 0.25) is 0 Å². The summed E-state index contributed by atoms with van der Waals surface area (Å²) < 4.78 is 5.19. The molecule has 0 aliphatic heterocycles. The van der Waals surface area contributed by atoms with Gasteiger partial charge in [-0.1, -0.05) is 12.1 Å². The summed E-state index contributed by atoms with van der Waals surface area (Å²) in [4.78, 5) is 28.9. The average molecular weight is 290 g/mol. The number of benzene rings is 1. The van der Waals surface area contributed by atoms with E-state index in [1.165, 1.54) is 18.2 Å². The summed E-state index contributed by atoms with van der Waals surface area (Å²) in [6.07, 6.45) is 3.24. The van der Waals surface area contributed by atoms with Gasteiger partial charge in [-0.05, 0) is 13.0 Å². The predicted molar refractivity (Wildman–Crippen MR) is 73.7 cm³/mol. The highest BCUT2D eigenvalue weighted by Crippen LogP contribution is 2.25. The van der Waals surface area contributed by atoms with Gasteiger partial charge in [0.1, 0.15) is 5.82 Å². The summed E-state index contributed by atoms with van der Waals surface area (Å²) in [6.45, 7) is 1.46. The smallest absolute Gasteiger partial charge is 0.310 e. The van der Waals surface area contributed by atoms with Gasteiger partial charge in [-0.2, -0.15) is 0 Å². The molecule has 1 unspecified atom stereocenters. The largest absolute Gasteiger partial charge is 0.477 e. The number of nitro benzene ring substituents is 1. The van der Waals surface area contributed by atoms with Crippen LogP contribution < -0.4 is 10.1 Å². The zero-order chi connectivity index (χ0) is 15.2. The van der Waals surface area contributed by atoms with Crippen LogP contribution >= 0.6 is 0 Å². The van der Waals surface area contributed by atoms with Crippen molar-refractivity contribution in [3.8, 4) is 5.75 Å². The lowest BCUT2D eigenvalue weighted by Gasteiger charge is -2.12. The molecule has 110 valence electrons. The van der Waals surface area contributed by atoms with Crippen molar-refractivity contribution in [2.45, 2.75) is 13.0 Å². The third-order valence-corrected chi connectivity index (χ3v) is 2.73. The Hall–Kier alpha value is -2.90. The van der Waals surface area contributed by atoms with Gasteiger partial charge < -0.3 is 15.0 Å². The highest BCUT2D eigenvalue weighted by Gasteiger charge is 2.16. The number of hydrogen-bond donors (Lipinski definition) is 2. The number of imidazole rings is 1. The maximum Gasteiger partial charge on any atom is 0.310 e. The number of H-pyrrole nitrogens is 1. The molecule has 1 atom stereocenters. The Morgan fingerprint density at radius 3 is 2.95 bits per heavy atom. The van der Waals surface area contributed by atoms with Gasteiger partial charge in [-0.25, -0.2) is 4.98 Å². The fraction of sp³-hybridized carbons (Fsp3) is 0.231. The summed E-state index contributed by atoms with van der Waals surface area (Å²) in [5.41, 5.74) is -0.176. The van der Waals surface area contributed by atoms with Gasteiger partial charge in [-0.15, -0.1) is 0 Å². The van der Waals surface area contributed by atoms with Gasteiger partial charge in [0.05, 0.1) is 11.0 Å². The van der Waals surface area contributed by atoms with E-state index in [9.17, 15) is 14.9 Å². The zero-order valence-electron chi connectivity index (χ0n) is 11.3. The first kappa shape index (κ1) is 14.5. The highest BCUT2D eigenvalue weighted by atomic mass is 16.6. The third-order valence-electron chi connectivity index (χ3n) is 2.73. The molecule has 2 aromatic rings. The number of carbonyl (C=O) groups is 1. The Morgan fingerprint density at radius 1 is 1.52 bits per heavy atom. The molecule has 1 aromatic heterocycles. The van der Waals surface area contributed by atoms with Gasteiger partial charge in [0.15, 0.2) is 12.4 Å². The van der Waals surface area contributed by atoms with E-state index in [2.05, 4.69) is 15.3 Å². The quantitative estimate of drug-likeness (QED) is 0.619. The first-order chi connectivity index (χ1) is 10.1. The number of nitrogens with one attached hydrogen (secondary N) is 2. The summed E-state index contributed by atoms with van der Waals surface area (Å²) >= 11 is 0. The summed E-state index contributed by atoms with van der Waals surface area (Å²) in [6, 6.07) is 5.59. The minimum Gasteiger partial charge on any atom is -0.477 e. The first-order valence-corrected chi connectivity index (χ1v) is 6.23. The summed E-state index contributed by atoms with van der Waals surface area (Å²) in [7, 11) is 0. The van der Waals surface area contributed by atoms with Gasteiger partial charge in [0.25, 0.3) is 5.91 Å².